The molecule has 0 aromatic heterocycles. The molecular formula is C22H30Cl2N4O. The second kappa shape index (κ2) is 7.14. The van der Waals surface area contributed by atoms with Crippen molar-refractivity contribution < 1.29 is 4.79 Å². The summed E-state index contributed by atoms with van der Waals surface area (Å²) in [5, 5.41) is 7.77. The van der Waals surface area contributed by atoms with Gasteiger partial charge in [-0.2, -0.15) is 0 Å². The van der Waals surface area contributed by atoms with E-state index in [4.69, 9.17) is 28.2 Å². The third-order valence-corrected chi connectivity index (χ3v) is 7.64. The molecule has 4 aliphatic rings. The van der Waals surface area contributed by atoms with Crippen LogP contribution >= 0.6 is 23.2 Å². The van der Waals surface area contributed by atoms with Crippen LogP contribution in [-0.4, -0.2) is 47.4 Å². The molecule has 0 radical (unpaired) electrons. The van der Waals surface area contributed by atoms with E-state index in [0.29, 0.717) is 16.6 Å². The van der Waals surface area contributed by atoms with Gasteiger partial charge in [-0.3, -0.25) is 14.7 Å². The quantitative estimate of drug-likeness (QED) is 0.678. The number of hydrogen-bond donors (Lipinski definition) is 2. The predicted molar refractivity (Wildman–Crippen MR) is 119 cm³/mol. The number of benzene rings is 1. The van der Waals surface area contributed by atoms with Gasteiger partial charge in [-0.05, 0) is 64.3 Å². The third kappa shape index (κ3) is 3.45. The average molecular weight is 437 g/mol. The summed E-state index contributed by atoms with van der Waals surface area (Å²) in [5.74, 6) is 1.06. The first-order chi connectivity index (χ1) is 13.6. The molecule has 3 aliphatic carbocycles. The maximum atomic E-state index is 12.6. The monoisotopic (exact) mass is 436 g/mol. The molecule has 1 amide bonds. The van der Waals surface area contributed by atoms with Gasteiger partial charge in [0, 0.05) is 24.0 Å². The highest BCUT2D eigenvalue weighted by molar-refractivity contribution is 6.42. The number of carbonyl (C=O) groups excluding carboxylic acids is 1. The van der Waals surface area contributed by atoms with Crippen LogP contribution in [0.1, 0.15) is 52.0 Å². The highest BCUT2D eigenvalue weighted by Crippen LogP contribution is 2.70. The van der Waals surface area contributed by atoms with Gasteiger partial charge in [-0.1, -0.05) is 36.2 Å². The van der Waals surface area contributed by atoms with Gasteiger partial charge in [-0.15, -0.1) is 0 Å². The topological polar surface area (TPSA) is 56.7 Å². The second-order valence-electron chi connectivity index (χ2n) is 9.66. The zero-order chi connectivity index (χ0) is 21.0. The Bertz CT molecular complexity index is 847. The number of carbonyl (C=O) groups is 1. The number of nitrogens with zero attached hydrogens (tertiary/aromatic N) is 2. The van der Waals surface area contributed by atoms with Crippen LogP contribution in [0.5, 0.6) is 0 Å². The lowest BCUT2D eigenvalue weighted by molar-refractivity contribution is -0.175. The van der Waals surface area contributed by atoms with Gasteiger partial charge in [0.05, 0.1) is 15.6 Å². The summed E-state index contributed by atoms with van der Waals surface area (Å²) in [7, 11) is 2.18. The number of aliphatic imine (C=N–C) groups is 1. The molecule has 1 heterocycles. The van der Waals surface area contributed by atoms with E-state index in [-0.39, 0.29) is 28.4 Å². The average Bonchev–Trinajstić information content (AvgIpc) is 2.89. The lowest BCUT2D eigenvalue weighted by Crippen LogP contribution is -2.77. The van der Waals surface area contributed by atoms with E-state index in [1.807, 2.05) is 18.2 Å². The number of halogens is 2. The molecule has 5 rings (SSSR count). The zero-order valence-corrected chi connectivity index (χ0v) is 19.1. The van der Waals surface area contributed by atoms with Crippen LogP contribution in [0.15, 0.2) is 23.2 Å². The normalized spacial score (nSPS) is 31.6. The van der Waals surface area contributed by atoms with E-state index in [1.165, 1.54) is 5.56 Å². The Kier molecular flexibility index (Phi) is 5.16. The van der Waals surface area contributed by atoms with Crippen molar-refractivity contribution in [3.05, 3.63) is 33.8 Å². The summed E-state index contributed by atoms with van der Waals surface area (Å²) in [5.41, 5.74) is 1.17. The number of nitrogens with one attached hydrogen (secondary N) is 2. The Morgan fingerprint density at radius 3 is 2.59 bits per heavy atom. The largest absolute Gasteiger partial charge is 0.366 e. The number of hydrogen-bond acceptors (Lipinski definition) is 4. The standard InChI is InChI=1S/C22H30Cl2N4O/c1-5-8-25-18(29)17-20(2,3)27-19(26-17)21-11-22(12-21,13-21)28(4)10-14-6-7-15(23)16(24)9-14/h6-7,9,17H,5,8,10-13H2,1-4H3,(H,25,29)(H,26,27)/t17-,21?,22?/m0/s1. The van der Waals surface area contributed by atoms with E-state index in [1.54, 1.807) is 0 Å². The highest BCUT2D eigenvalue weighted by atomic mass is 35.5. The minimum atomic E-state index is -0.358. The van der Waals surface area contributed by atoms with Gasteiger partial charge < -0.3 is 10.6 Å². The zero-order valence-electron chi connectivity index (χ0n) is 17.6. The maximum absolute atomic E-state index is 12.6. The Labute approximate surface area is 183 Å². The van der Waals surface area contributed by atoms with Crippen LogP contribution in [0.3, 0.4) is 0 Å². The second-order valence-corrected chi connectivity index (χ2v) is 10.5. The summed E-state index contributed by atoms with van der Waals surface area (Å²) < 4.78 is 0. The van der Waals surface area contributed by atoms with E-state index in [0.717, 1.165) is 38.1 Å². The van der Waals surface area contributed by atoms with Crippen molar-refractivity contribution in [2.24, 2.45) is 10.4 Å². The molecular weight excluding hydrogens is 407 g/mol. The van der Waals surface area contributed by atoms with Crippen molar-refractivity contribution in [2.75, 3.05) is 13.6 Å². The summed E-state index contributed by atoms with van der Waals surface area (Å²) in [6.45, 7) is 7.74. The van der Waals surface area contributed by atoms with Crippen LogP contribution in [0, 0.1) is 5.41 Å². The van der Waals surface area contributed by atoms with Crippen LogP contribution in [0.4, 0.5) is 0 Å². The Morgan fingerprint density at radius 1 is 1.28 bits per heavy atom. The number of amidine groups is 1. The molecule has 1 aliphatic heterocycles. The highest BCUT2D eigenvalue weighted by Gasteiger charge is 2.72. The molecule has 1 aromatic carbocycles. The Hall–Kier alpha value is -1.30. The molecule has 1 atom stereocenters. The van der Waals surface area contributed by atoms with Gasteiger partial charge in [0.2, 0.25) is 5.91 Å². The van der Waals surface area contributed by atoms with Crippen LogP contribution in [0.2, 0.25) is 10.0 Å². The number of amides is 1. The molecule has 158 valence electrons. The van der Waals surface area contributed by atoms with Gasteiger partial charge in [0.1, 0.15) is 5.84 Å². The molecule has 2 N–H and O–H groups in total. The molecule has 3 fully saturated rings. The minimum Gasteiger partial charge on any atom is -0.366 e. The summed E-state index contributed by atoms with van der Waals surface area (Å²) >= 11 is 12.2. The predicted octanol–water partition coefficient (Wildman–Crippen LogP) is 4.02. The fourth-order valence-electron chi connectivity index (χ4n) is 5.17. The molecule has 5 nitrogen and oxygen atoms in total. The summed E-state index contributed by atoms with van der Waals surface area (Å²) in [6, 6.07) is 5.49. The third-order valence-electron chi connectivity index (χ3n) is 6.90. The summed E-state index contributed by atoms with van der Waals surface area (Å²) in [6.07, 6.45) is 4.19. The van der Waals surface area contributed by atoms with E-state index >= 15 is 0 Å². The first-order valence-corrected chi connectivity index (χ1v) is 11.2. The van der Waals surface area contributed by atoms with Gasteiger partial charge in [-0.25, -0.2) is 0 Å². The SMILES string of the molecule is CCCNC(=O)[C@@H]1N=C(C23CC(N(C)Cc4ccc(Cl)c(Cl)c4)(C2)C3)NC1(C)C. The first-order valence-electron chi connectivity index (χ1n) is 10.4. The van der Waals surface area contributed by atoms with Gasteiger partial charge in [0.15, 0.2) is 6.04 Å². The van der Waals surface area contributed by atoms with Crippen molar-refractivity contribution in [2.45, 2.75) is 70.1 Å². The molecule has 3 saturated carbocycles. The van der Waals surface area contributed by atoms with Crippen LogP contribution in [0.25, 0.3) is 0 Å². The summed E-state index contributed by atoms with van der Waals surface area (Å²) in [4.78, 5) is 19.8. The van der Waals surface area contributed by atoms with Gasteiger partial charge in [0.25, 0.3) is 0 Å². The lowest BCUT2D eigenvalue weighted by atomic mass is 9.38. The molecule has 0 saturated heterocycles. The molecule has 1 aromatic rings. The van der Waals surface area contributed by atoms with E-state index < -0.39 is 0 Å². The minimum absolute atomic E-state index is 0.0254. The molecule has 2 bridgehead atoms. The van der Waals surface area contributed by atoms with Crippen LogP contribution in [-0.2, 0) is 11.3 Å². The van der Waals surface area contributed by atoms with Crippen molar-refractivity contribution in [1.82, 2.24) is 15.5 Å². The first kappa shape index (κ1) is 21.0. The molecule has 0 spiro atoms. The fraction of sp³-hybridized carbons (Fsp3) is 0.636. The molecule has 29 heavy (non-hydrogen) atoms. The van der Waals surface area contributed by atoms with E-state index in [2.05, 4.69) is 43.4 Å². The van der Waals surface area contributed by atoms with Crippen molar-refractivity contribution >= 4 is 34.9 Å². The lowest BCUT2D eigenvalue weighted by Gasteiger charge is -2.73. The van der Waals surface area contributed by atoms with Crippen molar-refractivity contribution in [3.8, 4) is 0 Å². The Balaban J connectivity index is 1.40. The maximum Gasteiger partial charge on any atom is 0.247 e. The number of rotatable bonds is 7. The smallest absolute Gasteiger partial charge is 0.247 e. The van der Waals surface area contributed by atoms with Crippen molar-refractivity contribution in [3.63, 3.8) is 0 Å². The van der Waals surface area contributed by atoms with Crippen LogP contribution < -0.4 is 10.6 Å². The Morgan fingerprint density at radius 2 is 1.97 bits per heavy atom. The van der Waals surface area contributed by atoms with Crippen molar-refractivity contribution in [1.29, 1.82) is 0 Å². The van der Waals surface area contributed by atoms with E-state index in [9.17, 15) is 4.79 Å². The fourth-order valence-corrected chi connectivity index (χ4v) is 5.49. The molecule has 7 heteroatoms. The van der Waals surface area contributed by atoms with Gasteiger partial charge >= 0.3 is 0 Å². The molecule has 0 unspecified atom stereocenters.